The SMILES string of the molecule is CN(Cc1cccc(Cl)c1Cl)C(=O)CN1C(=O)CCc2ccccc21. The monoisotopic (exact) mass is 376 g/mol. The quantitative estimate of drug-likeness (QED) is 0.810. The van der Waals surface area contributed by atoms with Crippen molar-refractivity contribution >= 4 is 40.7 Å². The Balaban J connectivity index is 1.73. The van der Waals surface area contributed by atoms with E-state index in [1.165, 1.54) is 0 Å². The normalized spacial score (nSPS) is 13.6. The molecule has 0 bridgehead atoms. The predicted molar refractivity (Wildman–Crippen MR) is 100 cm³/mol. The van der Waals surface area contributed by atoms with E-state index in [9.17, 15) is 9.59 Å². The second-order valence-electron chi connectivity index (χ2n) is 6.07. The summed E-state index contributed by atoms with van der Waals surface area (Å²) in [5, 5.41) is 0.906. The molecule has 0 unspecified atom stereocenters. The fourth-order valence-corrected chi connectivity index (χ4v) is 3.32. The fraction of sp³-hybridized carbons (Fsp3) is 0.263. The van der Waals surface area contributed by atoms with E-state index in [1.54, 1.807) is 29.0 Å². The summed E-state index contributed by atoms with van der Waals surface area (Å²) < 4.78 is 0. The van der Waals surface area contributed by atoms with E-state index >= 15 is 0 Å². The molecular weight excluding hydrogens is 359 g/mol. The van der Waals surface area contributed by atoms with Gasteiger partial charge in [0.05, 0.1) is 10.0 Å². The maximum Gasteiger partial charge on any atom is 0.242 e. The molecule has 0 spiro atoms. The zero-order valence-electron chi connectivity index (χ0n) is 13.8. The van der Waals surface area contributed by atoms with Gasteiger partial charge in [0.25, 0.3) is 0 Å². The van der Waals surface area contributed by atoms with Crippen molar-refractivity contribution in [3.05, 3.63) is 63.6 Å². The van der Waals surface area contributed by atoms with Crippen LogP contribution in [0.5, 0.6) is 0 Å². The highest BCUT2D eigenvalue weighted by atomic mass is 35.5. The van der Waals surface area contributed by atoms with Crippen LogP contribution in [0.25, 0.3) is 0 Å². The molecule has 2 aromatic carbocycles. The summed E-state index contributed by atoms with van der Waals surface area (Å²) in [5.74, 6) is -0.178. The minimum absolute atomic E-state index is 0.0184. The summed E-state index contributed by atoms with van der Waals surface area (Å²) in [6, 6.07) is 13.0. The fourth-order valence-electron chi connectivity index (χ4n) is 2.94. The molecule has 0 saturated carbocycles. The average Bonchev–Trinajstić information content (AvgIpc) is 2.61. The van der Waals surface area contributed by atoms with Gasteiger partial charge in [-0.3, -0.25) is 9.59 Å². The van der Waals surface area contributed by atoms with Crippen LogP contribution < -0.4 is 4.90 Å². The lowest BCUT2D eigenvalue weighted by molar-refractivity contribution is -0.130. The van der Waals surface area contributed by atoms with Crippen LogP contribution in [0, 0.1) is 0 Å². The average molecular weight is 377 g/mol. The van der Waals surface area contributed by atoms with Crippen molar-refractivity contribution in [1.82, 2.24) is 4.90 Å². The minimum Gasteiger partial charge on any atom is -0.340 e. The molecule has 0 atom stereocenters. The first kappa shape index (κ1) is 17.8. The van der Waals surface area contributed by atoms with Gasteiger partial charge in [-0.2, -0.15) is 0 Å². The number of hydrogen-bond donors (Lipinski definition) is 0. The number of carbonyl (C=O) groups excluding carboxylic acids is 2. The molecule has 3 rings (SSSR count). The molecule has 0 aliphatic carbocycles. The Morgan fingerprint density at radius 2 is 1.88 bits per heavy atom. The summed E-state index contributed by atoms with van der Waals surface area (Å²) in [4.78, 5) is 28.0. The molecule has 0 N–H and O–H groups in total. The van der Waals surface area contributed by atoms with Crippen LogP contribution in [0.15, 0.2) is 42.5 Å². The van der Waals surface area contributed by atoms with Gasteiger partial charge in [-0.15, -0.1) is 0 Å². The number of rotatable bonds is 4. The van der Waals surface area contributed by atoms with Gasteiger partial charge in [-0.05, 0) is 29.7 Å². The molecular formula is C19H18Cl2N2O2. The van der Waals surface area contributed by atoms with Gasteiger partial charge in [0.15, 0.2) is 0 Å². The highest BCUT2D eigenvalue weighted by molar-refractivity contribution is 6.42. The minimum atomic E-state index is -0.152. The lowest BCUT2D eigenvalue weighted by Gasteiger charge is -2.30. The first-order chi connectivity index (χ1) is 12.0. The van der Waals surface area contributed by atoms with Gasteiger partial charge in [0, 0.05) is 25.7 Å². The van der Waals surface area contributed by atoms with E-state index in [0.29, 0.717) is 29.4 Å². The summed E-state index contributed by atoms with van der Waals surface area (Å²) in [5.41, 5.74) is 2.69. The van der Waals surface area contributed by atoms with Crippen LogP contribution >= 0.6 is 23.2 Å². The topological polar surface area (TPSA) is 40.6 Å². The predicted octanol–water partition coefficient (Wildman–Crippen LogP) is 3.93. The number of likely N-dealkylation sites (N-methyl/N-ethyl adjacent to an activating group) is 1. The maximum absolute atomic E-state index is 12.6. The molecule has 130 valence electrons. The van der Waals surface area contributed by atoms with Gasteiger partial charge in [-0.1, -0.05) is 53.5 Å². The number of para-hydroxylation sites is 1. The number of benzene rings is 2. The van der Waals surface area contributed by atoms with Crippen molar-refractivity contribution < 1.29 is 9.59 Å². The Morgan fingerprint density at radius 1 is 1.12 bits per heavy atom. The van der Waals surface area contributed by atoms with E-state index in [2.05, 4.69) is 0 Å². The van der Waals surface area contributed by atoms with E-state index < -0.39 is 0 Å². The van der Waals surface area contributed by atoms with Gasteiger partial charge in [0.2, 0.25) is 11.8 Å². The van der Waals surface area contributed by atoms with E-state index in [1.807, 2.05) is 30.3 Å². The Bertz CT molecular complexity index is 823. The van der Waals surface area contributed by atoms with Crippen LogP contribution in [-0.2, 0) is 22.6 Å². The Morgan fingerprint density at radius 3 is 2.68 bits per heavy atom. The van der Waals surface area contributed by atoms with Crippen molar-refractivity contribution in [2.24, 2.45) is 0 Å². The molecule has 0 aromatic heterocycles. The molecule has 4 nitrogen and oxygen atoms in total. The number of hydrogen-bond acceptors (Lipinski definition) is 2. The summed E-state index contributed by atoms with van der Waals surface area (Å²) in [6.07, 6.45) is 1.14. The van der Waals surface area contributed by atoms with Crippen molar-refractivity contribution in [2.45, 2.75) is 19.4 Å². The molecule has 1 aliphatic heterocycles. The lowest BCUT2D eigenvalue weighted by atomic mass is 10.0. The van der Waals surface area contributed by atoms with E-state index in [-0.39, 0.29) is 18.4 Å². The number of carbonyl (C=O) groups is 2. The highest BCUT2D eigenvalue weighted by Crippen LogP contribution is 2.28. The third-order valence-electron chi connectivity index (χ3n) is 4.35. The molecule has 6 heteroatoms. The van der Waals surface area contributed by atoms with Crippen LogP contribution in [0.4, 0.5) is 5.69 Å². The largest absolute Gasteiger partial charge is 0.340 e. The van der Waals surface area contributed by atoms with Crippen molar-refractivity contribution in [1.29, 1.82) is 0 Å². The zero-order chi connectivity index (χ0) is 18.0. The molecule has 0 radical (unpaired) electrons. The highest BCUT2D eigenvalue weighted by Gasteiger charge is 2.26. The van der Waals surface area contributed by atoms with Crippen LogP contribution in [-0.4, -0.2) is 30.3 Å². The standard InChI is InChI=1S/C19H18Cl2N2O2/c1-22(11-14-6-4-7-15(20)19(14)21)18(25)12-23-16-8-3-2-5-13(16)9-10-17(23)24/h2-8H,9-12H2,1H3. The molecule has 25 heavy (non-hydrogen) atoms. The molecule has 2 aromatic rings. The third kappa shape index (κ3) is 3.80. The summed E-state index contributed by atoms with van der Waals surface area (Å²) in [6.45, 7) is 0.354. The smallest absolute Gasteiger partial charge is 0.242 e. The molecule has 0 saturated heterocycles. The maximum atomic E-state index is 12.6. The van der Waals surface area contributed by atoms with Crippen LogP contribution in [0.3, 0.4) is 0 Å². The van der Waals surface area contributed by atoms with Gasteiger partial charge >= 0.3 is 0 Å². The van der Waals surface area contributed by atoms with Crippen molar-refractivity contribution in [3.8, 4) is 0 Å². The molecule has 1 aliphatic rings. The number of amides is 2. The molecule has 2 amide bonds. The zero-order valence-corrected chi connectivity index (χ0v) is 15.3. The first-order valence-electron chi connectivity index (χ1n) is 8.02. The van der Waals surface area contributed by atoms with Crippen molar-refractivity contribution in [2.75, 3.05) is 18.5 Å². The second kappa shape index (κ2) is 7.46. The molecule has 1 heterocycles. The number of anilines is 1. The number of nitrogens with zero attached hydrogens (tertiary/aromatic N) is 2. The van der Waals surface area contributed by atoms with E-state index in [4.69, 9.17) is 23.2 Å². The summed E-state index contributed by atoms with van der Waals surface area (Å²) in [7, 11) is 1.69. The number of halogens is 2. The Hall–Kier alpha value is -2.04. The Labute approximate surface area is 156 Å². The Kier molecular flexibility index (Phi) is 5.30. The van der Waals surface area contributed by atoms with Crippen LogP contribution in [0.1, 0.15) is 17.5 Å². The number of fused-ring (bicyclic) bond motifs is 1. The summed E-state index contributed by atoms with van der Waals surface area (Å²) >= 11 is 12.2. The van der Waals surface area contributed by atoms with Gasteiger partial charge < -0.3 is 9.80 Å². The first-order valence-corrected chi connectivity index (χ1v) is 8.78. The lowest BCUT2D eigenvalue weighted by Crippen LogP contribution is -2.43. The molecule has 0 fully saturated rings. The van der Waals surface area contributed by atoms with E-state index in [0.717, 1.165) is 16.8 Å². The number of aryl methyl sites for hydroxylation is 1. The van der Waals surface area contributed by atoms with Gasteiger partial charge in [-0.25, -0.2) is 0 Å². The second-order valence-corrected chi connectivity index (χ2v) is 6.86. The van der Waals surface area contributed by atoms with Gasteiger partial charge in [0.1, 0.15) is 6.54 Å². The third-order valence-corrected chi connectivity index (χ3v) is 5.21. The van der Waals surface area contributed by atoms with Crippen molar-refractivity contribution in [3.63, 3.8) is 0 Å². The van der Waals surface area contributed by atoms with Crippen LogP contribution in [0.2, 0.25) is 10.0 Å².